The van der Waals surface area contributed by atoms with E-state index in [9.17, 15) is 37.2 Å². The molecule has 0 bridgehead atoms. The number of ketones is 2. The second-order valence-corrected chi connectivity index (χ2v) is 15.0. The fourth-order valence-corrected chi connectivity index (χ4v) is 5.92. The summed E-state index contributed by atoms with van der Waals surface area (Å²) in [7, 11) is -4.30. The smallest absolute Gasteiger partial charge is 0.339 e. The second-order valence-electron chi connectivity index (χ2n) is 13.5. The standard InChI is InChI=1S/C46H44N2O13S/c1-29(2)45(53)57-25-23-39(49)31(5)27-43(51)47-37-11-7-9-13-41(37)59-33-15-17-35(18-16-33)61-62(55,56)36-21-19-34(20-22-36)60-42-14-10-8-12-38(42)48-44(52)28-32(6)40(50)24-26-58-46(54)30(3)4/h7-22,27-28H,1,3,23-26H2,2,4-6H3,(H,47,51)(H,48,52). The molecule has 4 aromatic carbocycles. The van der Waals surface area contributed by atoms with Crippen molar-refractivity contribution in [3.8, 4) is 28.7 Å². The summed E-state index contributed by atoms with van der Waals surface area (Å²) >= 11 is 0. The van der Waals surface area contributed by atoms with Gasteiger partial charge in [-0.15, -0.1) is 0 Å². The molecule has 0 saturated heterocycles. The number of hydrogen-bond donors (Lipinski definition) is 2. The largest absolute Gasteiger partial charge is 0.462 e. The Kier molecular flexibility index (Phi) is 16.8. The first-order chi connectivity index (χ1) is 29.4. The van der Waals surface area contributed by atoms with Crippen LogP contribution < -0.4 is 24.3 Å². The van der Waals surface area contributed by atoms with Gasteiger partial charge in [-0.3, -0.25) is 19.2 Å². The molecule has 0 unspecified atom stereocenters. The lowest BCUT2D eigenvalue weighted by Crippen LogP contribution is -2.14. The molecule has 322 valence electrons. The molecule has 0 spiro atoms. The molecule has 2 N–H and O–H groups in total. The summed E-state index contributed by atoms with van der Waals surface area (Å²) in [5, 5.41) is 5.33. The average Bonchev–Trinajstić information content (AvgIpc) is 3.22. The molecule has 4 aromatic rings. The van der Waals surface area contributed by atoms with Crippen LogP contribution in [0.5, 0.6) is 28.7 Å². The molecule has 0 aliphatic carbocycles. The molecule has 0 heterocycles. The van der Waals surface area contributed by atoms with Crippen LogP contribution in [-0.4, -0.2) is 57.0 Å². The number of carbonyl (C=O) groups is 6. The minimum atomic E-state index is -4.30. The van der Waals surface area contributed by atoms with Gasteiger partial charge in [-0.2, -0.15) is 8.42 Å². The number of allylic oxidation sites excluding steroid dienone is 2. The van der Waals surface area contributed by atoms with E-state index in [1.54, 1.807) is 48.5 Å². The van der Waals surface area contributed by atoms with Crippen molar-refractivity contribution in [1.29, 1.82) is 0 Å². The highest BCUT2D eigenvalue weighted by Gasteiger charge is 2.19. The Morgan fingerprint density at radius 2 is 0.919 bits per heavy atom. The number of anilines is 2. The first-order valence-electron chi connectivity index (χ1n) is 18.8. The number of ether oxygens (including phenoxy) is 4. The quantitative estimate of drug-likeness (QED) is 0.0464. The van der Waals surface area contributed by atoms with E-state index in [1.165, 1.54) is 76.2 Å². The van der Waals surface area contributed by atoms with Gasteiger partial charge in [0.05, 0.1) is 24.6 Å². The Balaban J connectivity index is 1.32. The Morgan fingerprint density at radius 1 is 0.548 bits per heavy atom. The van der Waals surface area contributed by atoms with Gasteiger partial charge in [0.15, 0.2) is 23.1 Å². The van der Waals surface area contributed by atoms with E-state index in [1.807, 2.05) is 0 Å². The maximum absolute atomic E-state index is 13.2. The van der Waals surface area contributed by atoms with Crippen LogP contribution in [0.1, 0.15) is 40.5 Å². The molecule has 4 rings (SSSR count). The van der Waals surface area contributed by atoms with E-state index >= 15 is 0 Å². The van der Waals surface area contributed by atoms with Crippen molar-refractivity contribution in [3.05, 3.63) is 145 Å². The van der Waals surface area contributed by atoms with Gasteiger partial charge in [0, 0.05) is 36.1 Å². The third-order valence-corrected chi connectivity index (χ3v) is 9.55. The number of esters is 2. The van der Waals surface area contributed by atoms with E-state index in [2.05, 4.69) is 23.8 Å². The molecule has 16 heteroatoms. The topological polar surface area (TPSA) is 207 Å². The summed E-state index contributed by atoms with van der Waals surface area (Å²) in [5.41, 5.74) is 1.29. The monoisotopic (exact) mass is 864 g/mol. The van der Waals surface area contributed by atoms with Gasteiger partial charge in [0.2, 0.25) is 11.8 Å². The second kappa shape index (κ2) is 22.1. The molecule has 0 atom stereocenters. The lowest BCUT2D eigenvalue weighted by molar-refractivity contribution is -0.140. The van der Waals surface area contributed by atoms with E-state index in [-0.39, 0.29) is 93.5 Å². The van der Waals surface area contributed by atoms with E-state index in [4.69, 9.17) is 23.1 Å². The van der Waals surface area contributed by atoms with Gasteiger partial charge in [0.1, 0.15) is 22.1 Å². The maximum atomic E-state index is 13.2. The third-order valence-electron chi connectivity index (χ3n) is 8.28. The number of benzene rings is 4. The average molecular weight is 865 g/mol. The van der Waals surface area contributed by atoms with Gasteiger partial charge >= 0.3 is 22.1 Å². The molecular formula is C46H44N2O13S. The third kappa shape index (κ3) is 14.6. The molecule has 15 nitrogen and oxygen atoms in total. The molecular weight excluding hydrogens is 821 g/mol. The van der Waals surface area contributed by atoms with Gasteiger partial charge in [-0.05, 0) is 112 Å². The number of rotatable bonds is 21. The number of Topliss-reactive ketones (excluding diaryl/α,β-unsaturated/α-hetero) is 2. The van der Waals surface area contributed by atoms with Crippen molar-refractivity contribution < 1.29 is 60.3 Å². The Morgan fingerprint density at radius 3 is 1.32 bits per heavy atom. The predicted octanol–water partition coefficient (Wildman–Crippen LogP) is 7.97. The minimum Gasteiger partial charge on any atom is -0.462 e. The zero-order valence-electron chi connectivity index (χ0n) is 34.4. The fourth-order valence-electron chi connectivity index (χ4n) is 4.99. The van der Waals surface area contributed by atoms with Gasteiger partial charge in [0.25, 0.3) is 0 Å². The highest BCUT2D eigenvalue weighted by atomic mass is 32.2. The number of nitrogens with one attached hydrogen (secondary N) is 2. The van der Waals surface area contributed by atoms with Gasteiger partial charge in [-0.25, -0.2) is 9.59 Å². The Labute approximate surface area is 358 Å². The van der Waals surface area contributed by atoms with Crippen molar-refractivity contribution >= 4 is 56.8 Å². The molecule has 0 saturated carbocycles. The molecule has 0 aliphatic heterocycles. The normalized spacial score (nSPS) is 11.4. The molecule has 62 heavy (non-hydrogen) atoms. The maximum Gasteiger partial charge on any atom is 0.339 e. The van der Waals surface area contributed by atoms with Gasteiger partial charge in [-0.1, -0.05) is 37.4 Å². The lowest BCUT2D eigenvalue weighted by atomic mass is 10.1. The Hall–Kier alpha value is -7.59. The van der Waals surface area contributed by atoms with Crippen molar-refractivity contribution in [2.24, 2.45) is 0 Å². The van der Waals surface area contributed by atoms with Gasteiger partial charge < -0.3 is 33.8 Å². The van der Waals surface area contributed by atoms with E-state index < -0.39 is 33.9 Å². The summed E-state index contributed by atoms with van der Waals surface area (Å²) in [6, 6.07) is 24.2. The van der Waals surface area contributed by atoms with Crippen molar-refractivity contribution in [2.45, 2.75) is 45.4 Å². The highest BCUT2D eigenvalue weighted by Crippen LogP contribution is 2.33. The first-order valence-corrected chi connectivity index (χ1v) is 20.2. The molecule has 0 fully saturated rings. The van der Waals surface area contributed by atoms with Crippen LogP contribution in [0.2, 0.25) is 0 Å². The minimum absolute atomic E-state index is 0.0131. The van der Waals surface area contributed by atoms with Crippen LogP contribution in [0.15, 0.2) is 150 Å². The number of amides is 2. The van der Waals surface area contributed by atoms with Crippen molar-refractivity contribution in [3.63, 3.8) is 0 Å². The summed E-state index contributed by atoms with van der Waals surface area (Å²) in [5.74, 6) is -2.18. The molecule has 0 aromatic heterocycles. The fraction of sp³-hybridized carbons (Fsp3) is 0.174. The number of carbonyl (C=O) groups excluding carboxylic acids is 6. The lowest BCUT2D eigenvalue weighted by Gasteiger charge is -2.13. The SMILES string of the molecule is C=C(C)C(=O)OCCC(=O)C(C)=CC(=O)Nc1ccccc1Oc1ccc(OS(=O)(=O)c2ccc(Oc3ccccc3NC(=O)C=C(C)C(=O)CCOC(=O)C(=C)C)cc2)cc1. The first kappa shape index (κ1) is 47.1. The molecule has 0 aliphatic rings. The van der Waals surface area contributed by atoms with Crippen molar-refractivity contribution in [2.75, 3.05) is 23.8 Å². The molecule has 0 radical (unpaired) electrons. The van der Waals surface area contributed by atoms with Crippen LogP contribution in [0.3, 0.4) is 0 Å². The summed E-state index contributed by atoms with van der Waals surface area (Å²) < 4.78 is 53.4. The zero-order valence-corrected chi connectivity index (χ0v) is 35.2. The summed E-state index contributed by atoms with van der Waals surface area (Å²) in [4.78, 5) is 73.2. The Bertz CT molecular complexity index is 2540. The van der Waals surface area contributed by atoms with E-state index in [0.29, 0.717) is 11.4 Å². The predicted molar refractivity (Wildman–Crippen MR) is 229 cm³/mol. The van der Waals surface area contributed by atoms with Crippen LogP contribution in [0.4, 0.5) is 11.4 Å². The van der Waals surface area contributed by atoms with Crippen LogP contribution >= 0.6 is 0 Å². The summed E-state index contributed by atoms with van der Waals surface area (Å²) in [6.45, 7) is 12.6. The van der Waals surface area contributed by atoms with Crippen LogP contribution in [-0.2, 0) is 48.4 Å². The molecule has 2 amide bonds. The zero-order chi connectivity index (χ0) is 45.4. The number of hydrogen-bond acceptors (Lipinski definition) is 13. The number of para-hydroxylation sites is 4. The van der Waals surface area contributed by atoms with E-state index in [0.717, 1.165) is 12.2 Å². The highest BCUT2D eigenvalue weighted by molar-refractivity contribution is 7.87. The van der Waals surface area contributed by atoms with Crippen LogP contribution in [0, 0.1) is 0 Å². The van der Waals surface area contributed by atoms with Crippen molar-refractivity contribution in [1.82, 2.24) is 0 Å². The van der Waals surface area contributed by atoms with Crippen LogP contribution in [0.25, 0.3) is 0 Å². The summed E-state index contributed by atoms with van der Waals surface area (Å²) in [6.07, 6.45) is 2.03.